The molecule has 0 spiro atoms. The summed E-state index contributed by atoms with van der Waals surface area (Å²) in [7, 11) is 4.27. The molecule has 8 aromatic heterocycles. The van der Waals surface area contributed by atoms with Crippen LogP contribution in [-0.2, 0) is 14.1 Å². The third-order valence-corrected chi connectivity index (χ3v) is 14.7. The number of aromatic nitrogens is 2. The third-order valence-electron chi connectivity index (χ3n) is 7.23. The molecule has 0 amide bonds. The number of rotatable bonds is 4. The molecule has 0 bridgehead atoms. The molecule has 0 saturated carbocycles. The van der Waals surface area contributed by atoms with Crippen LogP contribution in [0.15, 0.2) is 46.4 Å². The zero-order chi connectivity index (χ0) is 30.3. The first kappa shape index (κ1) is 26.9. The highest BCUT2D eigenvalue weighted by atomic mass is 32.1. The number of amidine groups is 1. The average Bonchev–Trinajstić information content (AvgIpc) is 3.86. The van der Waals surface area contributed by atoms with Crippen LogP contribution in [-0.4, -0.2) is 20.7 Å². The van der Waals surface area contributed by atoms with Gasteiger partial charge in [-0.15, -0.1) is 56.7 Å². The standard InChI is InChI=1S/C30H12N8S6/c1-34-20(12-33)36-22-7-5-17(40-22)19-9-15-26(42-19)28-24(38(15)3)30-29(44-28)23-27(43-30)25-14(37(23)2)8-18(41-25)16-4-6-21(39-16)35-13(10-31)11-32/h4-9H,2-3H3. The number of fused-ring (bicyclic) bond motifs is 9. The molecule has 0 aromatic carbocycles. The van der Waals surface area contributed by atoms with Gasteiger partial charge < -0.3 is 14.0 Å². The van der Waals surface area contributed by atoms with E-state index in [1.807, 2.05) is 65.1 Å². The summed E-state index contributed by atoms with van der Waals surface area (Å²) in [4.78, 5) is 15.9. The van der Waals surface area contributed by atoms with Crippen LogP contribution in [0.4, 0.5) is 10.0 Å². The predicted molar refractivity (Wildman–Crippen MR) is 188 cm³/mol. The van der Waals surface area contributed by atoms with E-state index in [0.29, 0.717) is 10.0 Å². The molecular formula is C30H12N8S6. The lowest BCUT2D eigenvalue weighted by Gasteiger charge is -1.95. The minimum absolute atomic E-state index is 0.142. The Balaban J connectivity index is 1.22. The quantitative estimate of drug-likeness (QED) is 0.105. The number of nitrogens with zero attached hydrogens (tertiary/aromatic N) is 8. The maximum atomic E-state index is 9.05. The summed E-state index contributed by atoms with van der Waals surface area (Å²) >= 11 is 10.2. The molecule has 0 N–H and O–H groups in total. The normalized spacial score (nSPS) is 11.9. The number of aliphatic imine (C=N–C) groups is 2. The van der Waals surface area contributed by atoms with Gasteiger partial charge in [0.15, 0.2) is 0 Å². The lowest BCUT2D eigenvalue weighted by Crippen LogP contribution is -1.85. The number of hydrogen-bond donors (Lipinski definition) is 0. The molecule has 8 heterocycles. The lowest BCUT2D eigenvalue weighted by molar-refractivity contribution is 1.02. The highest BCUT2D eigenvalue weighted by Gasteiger charge is 2.25. The van der Waals surface area contributed by atoms with Gasteiger partial charge in [-0.25, -0.2) is 10.3 Å². The molecule has 14 heteroatoms. The van der Waals surface area contributed by atoms with E-state index >= 15 is 0 Å². The second kappa shape index (κ2) is 9.95. The van der Waals surface area contributed by atoms with Crippen LogP contribution < -0.4 is 0 Å². The van der Waals surface area contributed by atoms with Crippen LogP contribution in [0.5, 0.6) is 0 Å². The van der Waals surface area contributed by atoms with Crippen LogP contribution >= 0.6 is 68.0 Å². The van der Waals surface area contributed by atoms with Gasteiger partial charge in [0.05, 0.1) is 50.3 Å². The van der Waals surface area contributed by atoms with E-state index < -0.39 is 0 Å². The number of aryl methyl sites for hydroxylation is 2. The molecule has 8 aromatic rings. The Labute approximate surface area is 272 Å². The molecule has 0 aliphatic heterocycles. The van der Waals surface area contributed by atoms with Crippen molar-refractivity contribution >= 4 is 140 Å². The summed E-state index contributed by atoms with van der Waals surface area (Å²) in [6.07, 6.45) is 0. The summed E-state index contributed by atoms with van der Waals surface area (Å²) in [6.45, 7) is 7.08. The second-order valence-corrected chi connectivity index (χ2v) is 15.9. The molecule has 0 atom stereocenters. The molecule has 0 radical (unpaired) electrons. The van der Waals surface area contributed by atoms with E-state index in [-0.39, 0.29) is 11.5 Å². The van der Waals surface area contributed by atoms with Gasteiger partial charge in [-0.1, -0.05) is 22.9 Å². The minimum Gasteiger partial charge on any atom is -0.351 e. The highest BCUT2D eigenvalue weighted by molar-refractivity contribution is 7.40. The number of nitriles is 3. The smallest absolute Gasteiger partial charge is 0.350 e. The minimum atomic E-state index is -0.157. The topological polar surface area (TPSA) is 110 Å². The van der Waals surface area contributed by atoms with Crippen molar-refractivity contribution in [2.24, 2.45) is 24.1 Å². The van der Waals surface area contributed by atoms with Crippen molar-refractivity contribution in [3.8, 4) is 37.7 Å². The van der Waals surface area contributed by atoms with Crippen LogP contribution in [0.1, 0.15) is 0 Å². The largest absolute Gasteiger partial charge is 0.351 e. The maximum Gasteiger partial charge on any atom is 0.350 e. The van der Waals surface area contributed by atoms with E-state index in [1.165, 1.54) is 72.9 Å². The Morgan fingerprint density at radius 3 is 1.57 bits per heavy atom. The molecule has 8 rings (SSSR count). The van der Waals surface area contributed by atoms with E-state index in [4.69, 9.17) is 22.4 Å². The molecular weight excluding hydrogens is 665 g/mol. The molecule has 208 valence electrons. The zero-order valence-corrected chi connectivity index (χ0v) is 27.4. The van der Waals surface area contributed by atoms with E-state index in [9.17, 15) is 0 Å². The van der Waals surface area contributed by atoms with Crippen LogP contribution in [0.3, 0.4) is 0 Å². The SMILES string of the molecule is [C-]#[N+]C(C#N)=Nc1ccc(-c2cc3c(s2)c2sc4c(sc5c6sc(-c7ccc(N=C(C#N)C#N)s7)cc6n(C)c54)c2n3C)s1. The van der Waals surface area contributed by atoms with Gasteiger partial charge in [-0.2, -0.15) is 10.5 Å². The van der Waals surface area contributed by atoms with Crippen LogP contribution in [0.2, 0.25) is 0 Å². The molecule has 8 nitrogen and oxygen atoms in total. The first-order chi connectivity index (χ1) is 21.4. The van der Waals surface area contributed by atoms with Crippen molar-refractivity contribution in [1.29, 1.82) is 15.8 Å². The Bertz CT molecular complexity index is 2520. The fourth-order valence-corrected chi connectivity index (χ4v) is 12.9. The molecule has 0 fully saturated rings. The second-order valence-electron chi connectivity index (χ2n) is 9.60. The Morgan fingerprint density at radius 2 is 1.11 bits per heavy atom. The summed E-state index contributed by atoms with van der Waals surface area (Å²) in [5.74, 6) is -0.157. The molecule has 0 unspecified atom stereocenters. The fraction of sp³-hybridized carbons (Fsp3) is 0.0667. The van der Waals surface area contributed by atoms with Crippen molar-refractivity contribution in [3.05, 3.63) is 47.8 Å². The lowest BCUT2D eigenvalue weighted by atomic mass is 10.3. The Kier molecular flexibility index (Phi) is 6.09. The van der Waals surface area contributed by atoms with Crippen LogP contribution in [0.25, 0.3) is 74.6 Å². The number of hydrogen-bond acceptors (Lipinski definition) is 11. The molecule has 44 heavy (non-hydrogen) atoms. The highest BCUT2D eigenvalue weighted by Crippen LogP contribution is 2.54. The number of thiophene rings is 6. The van der Waals surface area contributed by atoms with E-state index in [1.54, 1.807) is 22.7 Å². The monoisotopic (exact) mass is 676 g/mol. The molecule has 0 aliphatic carbocycles. The van der Waals surface area contributed by atoms with Gasteiger partial charge in [0, 0.05) is 33.6 Å². The van der Waals surface area contributed by atoms with Gasteiger partial charge in [0.1, 0.15) is 23.2 Å². The third kappa shape index (κ3) is 3.84. The van der Waals surface area contributed by atoms with Gasteiger partial charge in [0.2, 0.25) is 10.7 Å². The van der Waals surface area contributed by atoms with Crippen molar-refractivity contribution in [2.75, 3.05) is 0 Å². The summed E-state index contributed by atoms with van der Waals surface area (Å²) in [5, 5.41) is 28.4. The molecule has 0 saturated heterocycles. The van der Waals surface area contributed by atoms with Crippen molar-refractivity contribution in [2.45, 2.75) is 0 Å². The summed E-state index contributed by atoms with van der Waals surface area (Å²) in [5.41, 5.74) is 4.77. The van der Waals surface area contributed by atoms with Gasteiger partial charge >= 0.3 is 5.84 Å². The average molecular weight is 677 g/mol. The van der Waals surface area contributed by atoms with Crippen LogP contribution in [0, 0.1) is 40.6 Å². The first-order valence-corrected chi connectivity index (χ1v) is 17.6. The van der Waals surface area contributed by atoms with E-state index in [2.05, 4.69) is 50.2 Å². The van der Waals surface area contributed by atoms with Crippen molar-refractivity contribution in [3.63, 3.8) is 0 Å². The van der Waals surface area contributed by atoms with Crippen molar-refractivity contribution < 1.29 is 0 Å². The predicted octanol–water partition coefficient (Wildman–Crippen LogP) is 10.4. The molecule has 0 aliphatic rings. The van der Waals surface area contributed by atoms with E-state index in [0.717, 1.165) is 19.5 Å². The first-order valence-electron chi connectivity index (χ1n) is 12.7. The van der Waals surface area contributed by atoms with Gasteiger partial charge in [-0.3, -0.25) is 0 Å². The van der Waals surface area contributed by atoms with Crippen molar-refractivity contribution in [1.82, 2.24) is 9.13 Å². The Hall–Kier alpha value is -4.64. The fourth-order valence-electron chi connectivity index (χ4n) is 5.30. The maximum absolute atomic E-state index is 9.05. The summed E-state index contributed by atoms with van der Waals surface area (Å²) < 4.78 is 12.3. The summed E-state index contributed by atoms with van der Waals surface area (Å²) in [6, 6.07) is 17.6. The van der Waals surface area contributed by atoms with Gasteiger partial charge in [0.25, 0.3) is 0 Å². The van der Waals surface area contributed by atoms with Gasteiger partial charge in [-0.05, 0) is 36.4 Å². The Morgan fingerprint density at radius 1 is 0.636 bits per heavy atom. The zero-order valence-electron chi connectivity index (χ0n) is 22.5.